The highest BCUT2D eigenvalue weighted by Crippen LogP contribution is 1.96. The molecular weight excluding hydrogens is 296 g/mol. The second-order valence-corrected chi connectivity index (χ2v) is 4.62. The number of hydrogen-bond acceptors (Lipinski definition) is 5. The van der Waals surface area contributed by atoms with Gasteiger partial charge < -0.3 is 15.7 Å². The largest absolute Gasteiger partial charge is 0.481 e. The summed E-state index contributed by atoms with van der Waals surface area (Å²) in [5.41, 5.74) is 3.91. The zero-order valence-corrected chi connectivity index (χ0v) is 11.9. The quantitative estimate of drug-likeness (QED) is 0.511. The average molecular weight is 312 g/mol. The van der Waals surface area contributed by atoms with Crippen molar-refractivity contribution < 1.29 is 19.5 Å². The van der Waals surface area contributed by atoms with E-state index in [1.54, 1.807) is 0 Å². The van der Waals surface area contributed by atoms with Crippen molar-refractivity contribution in [3.8, 4) is 0 Å². The maximum absolute atomic E-state index is 12.1. The molecule has 0 aliphatic rings. The van der Waals surface area contributed by atoms with E-state index >= 15 is 0 Å². The number of nitrogens with one attached hydrogen (secondary N) is 1. The van der Waals surface area contributed by atoms with Crippen LogP contribution in [-0.2, 0) is 20.9 Å². The monoisotopic (exact) mass is 312 g/mol. The average Bonchev–Trinajstić information content (AvgIpc) is 2.40. The van der Waals surface area contributed by atoms with Crippen LogP contribution in [0.1, 0.15) is 12.0 Å². The molecule has 1 aromatic heterocycles. The summed E-state index contributed by atoms with van der Waals surface area (Å²) in [5.74, 6) is -2.60. The lowest BCUT2D eigenvalue weighted by Crippen LogP contribution is -2.43. The molecule has 0 fully saturated rings. The molecule has 0 aliphatic carbocycles. The van der Waals surface area contributed by atoms with Crippen LogP contribution in [0.15, 0.2) is 15.8 Å². The number of nitrogens with two attached hydrogens (primary N) is 1. The summed E-state index contributed by atoms with van der Waals surface area (Å²) in [7, 11) is 0. The number of rotatable bonds is 7. The molecule has 0 spiro atoms. The van der Waals surface area contributed by atoms with Crippen LogP contribution < -0.4 is 17.0 Å². The van der Waals surface area contributed by atoms with Crippen molar-refractivity contribution in [1.82, 2.24) is 14.5 Å². The van der Waals surface area contributed by atoms with Crippen molar-refractivity contribution in [2.45, 2.75) is 19.9 Å². The molecule has 10 heteroatoms. The van der Waals surface area contributed by atoms with Gasteiger partial charge in [-0.1, -0.05) is 0 Å². The highest BCUT2D eigenvalue weighted by atomic mass is 16.4. The Morgan fingerprint density at radius 2 is 2.00 bits per heavy atom. The number of amides is 2. The first kappa shape index (κ1) is 17.1. The van der Waals surface area contributed by atoms with Gasteiger partial charge in [0.2, 0.25) is 11.8 Å². The molecule has 0 aromatic carbocycles. The number of H-pyrrole nitrogens is 1. The van der Waals surface area contributed by atoms with Gasteiger partial charge in [0.05, 0.1) is 13.0 Å². The van der Waals surface area contributed by atoms with Gasteiger partial charge in [0.1, 0.15) is 6.54 Å². The van der Waals surface area contributed by atoms with E-state index < -0.39 is 42.1 Å². The van der Waals surface area contributed by atoms with Gasteiger partial charge in [-0.15, -0.1) is 0 Å². The minimum Gasteiger partial charge on any atom is -0.481 e. The van der Waals surface area contributed by atoms with Crippen molar-refractivity contribution >= 4 is 17.8 Å². The van der Waals surface area contributed by atoms with Gasteiger partial charge in [0, 0.05) is 18.3 Å². The fraction of sp³-hybridized carbons (Fsp3) is 0.417. The Labute approximate surface area is 124 Å². The van der Waals surface area contributed by atoms with E-state index in [-0.39, 0.29) is 18.5 Å². The number of hydrogen-bond donors (Lipinski definition) is 3. The van der Waals surface area contributed by atoms with Crippen LogP contribution >= 0.6 is 0 Å². The molecule has 120 valence electrons. The molecule has 2 amide bonds. The van der Waals surface area contributed by atoms with Crippen LogP contribution in [0.25, 0.3) is 0 Å². The van der Waals surface area contributed by atoms with Crippen LogP contribution in [0.2, 0.25) is 0 Å². The summed E-state index contributed by atoms with van der Waals surface area (Å²) in [5, 5.41) is 8.63. The van der Waals surface area contributed by atoms with Crippen molar-refractivity contribution in [1.29, 1.82) is 0 Å². The minimum absolute atomic E-state index is 0.214. The van der Waals surface area contributed by atoms with Crippen LogP contribution in [0.3, 0.4) is 0 Å². The molecule has 0 aliphatic heterocycles. The molecule has 0 atom stereocenters. The molecule has 0 saturated carbocycles. The predicted octanol–water partition coefficient (Wildman–Crippen LogP) is -2.37. The van der Waals surface area contributed by atoms with Crippen molar-refractivity contribution in [3.05, 3.63) is 32.6 Å². The third-order valence-electron chi connectivity index (χ3n) is 2.79. The lowest BCUT2D eigenvalue weighted by atomic mass is 10.3. The van der Waals surface area contributed by atoms with E-state index in [0.717, 1.165) is 9.47 Å². The van der Waals surface area contributed by atoms with Crippen LogP contribution in [-0.4, -0.2) is 50.4 Å². The van der Waals surface area contributed by atoms with Gasteiger partial charge >= 0.3 is 11.7 Å². The lowest BCUT2D eigenvalue weighted by molar-refractivity contribution is -0.140. The maximum Gasteiger partial charge on any atom is 0.328 e. The zero-order valence-electron chi connectivity index (χ0n) is 11.9. The normalized spacial score (nSPS) is 10.2. The van der Waals surface area contributed by atoms with Gasteiger partial charge in [-0.25, -0.2) is 4.79 Å². The maximum atomic E-state index is 12.1. The van der Waals surface area contributed by atoms with Crippen LogP contribution in [0, 0.1) is 6.92 Å². The molecule has 4 N–H and O–H groups in total. The van der Waals surface area contributed by atoms with E-state index in [2.05, 4.69) is 0 Å². The molecular formula is C12H16N4O6. The van der Waals surface area contributed by atoms with E-state index in [4.69, 9.17) is 10.8 Å². The van der Waals surface area contributed by atoms with Gasteiger partial charge in [-0.3, -0.25) is 28.7 Å². The molecule has 0 bridgehead atoms. The first-order chi connectivity index (χ1) is 10.2. The Kier molecular flexibility index (Phi) is 5.61. The van der Waals surface area contributed by atoms with Crippen LogP contribution in [0.5, 0.6) is 0 Å². The first-order valence-corrected chi connectivity index (χ1v) is 6.29. The number of aromatic nitrogens is 2. The molecule has 10 nitrogen and oxygen atoms in total. The molecule has 22 heavy (non-hydrogen) atoms. The number of aromatic amines is 1. The SMILES string of the molecule is Cc1cn(CC(=O)N(CCC(=O)O)CC(N)=O)c(=O)[nH]c1=O. The molecule has 0 saturated heterocycles. The van der Waals surface area contributed by atoms with E-state index in [1.165, 1.54) is 13.1 Å². The fourth-order valence-electron chi connectivity index (χ4n) is 1.69. The first-order valence-electron chi connectivity index (χ1n) is 6.29. The predicted molar refractivity (Wildman–Crippen MR) is 74.1 cm³/mol. The number of aliphatic carboxylic acids is 1. The highest BCUT2D eigenvalue weighted by molar-refractivity contribution is 5.84. The van der Waals surface area contributed by atoms with E-state index in [1.807, 2.05) is 4.98 Å². The third kappa shape index (κ3) is 4.89. The summed E-state index contributed by atoms with van der Waals surface area (Å²) in [4.78, 5) is 59.4. The Bertz CT molecular complexity index is 704. The van der Waals surface area contributed by atoms with Gasteiger partial charge in [0.15, 0.2) is 0 Å². The number of carbonyl (C=O) groups excluding carboxylic acids is 2. The number of nitrogens with zero attached hydrogens (tertiary/aromatic N) is 2. The molecule has 1 aromatic rings. The van der Waals surface area contributed by atoms with E-state index in [9.17, 15) is 24.0 Å². The lowest BCUT2D eigenvalue weighted by Gasteiger charge is -2.20. The van der Waals surface area contributed by atoms with E-state index in [0.29, 0.717) is 0 Å². The number of carboxylic acid groups (broad SMARTS) is 1. The minimum atomic E-state index is -1.14. The van der Waals surface area contributed by atoms with Gasteiger partial charge in [-0.05, 0) is 6.92 Å². The summed E-state index contributed by atoms with van der Waals surface area (Å²) in [6.07, 6.45) is 0.845. The second kappa shape index (κ2) is 7.20. The fourth-order valence-corrected chi connectivity index (χ4v) is 1.69. The molecule has 0 unspecified atom stereocenters. The van der Waals surface area contributed by atoms with Crippen molar-refractivity contribution in [2.75, 3.05) is 13.1 Å². The molecule has 1 rings (SSSR count). The summed E-state index contributed by atoms with van der Waals surface area (Å²) in [6, 6.07) is 0. The highest BCUT2D eigenvalue weighted by Gasteiger charge is 2.18. The number of carbonyl (C=O) groups is 3. The van der Waals surface area contributed by atoms with Gasteiger partial charge in [-0.2, -0.15) is 0 Å². The third-order valence-corrected chi connectivity index (χ3v) is 2.79. The Hall–Kier alpha value is -2.91. The van der Waals surface area contributed by atoms with Crippen LogP contribution in [0.4, 0.5) is 0 Å². The van der Waals surface area contributed by atoms with Crippen molar-refractivity contribution in [2.24, 2.45) is 5.73 Å². The number of aryl methyl sites for hydroxylation is 1. The number of primary amides is 1. The second-order valence-electron chi connectivity index (χ2n) is 4.62. The number of carboxylic acids is 1. The molecule has 1 heterocycles. The topological polar surface area (TPSA) is 156 Å². The Morgan fingerprint density at radius 1 is 1.36 bits per heavy atom. The van der Waals surface area contributed by atoms with Crippen molar-refractivity contribution in [3.63, 3.8) is 0 Å². The summed E-state index contributed by atoms with van der Waals surface area (Å²) < 4.78 is 0.966. The Balaban J connectivity index is 2.92. The standard InChI is InChI=1S/C12H16N4O6/c1-7-4-16(12(22)14-11(7)21)6-9(18)15(5-8(13)17)3-2-10(19)20/h4H,2-3,5-6H2,1H3,(H2,13,17)(H,19,20)(H,14,21,22). The van der Waals surface area contributed by atoms with Gasteiger partial charge in [0.25, 0.3) is 5.56 Å². The smallest absolute Gasteiger partial charge is 0.328 e. The summed E-state index contributed by atoms with van der Waals surface area (Å²) >= 11 is 0. The summed E-state index contributed by atoms with van der Waals surface area (Å²) in [6.45, 7) is 0.353. The Morgan fingerprint density at radius 3 is 2.55 bits per heavy atom. The zero-order chi connectivity index (χ0) is 16.9. The molecule has 0 radical (unpaired) electrons.